The highest BCUT2D eigenvalue weighted by Crippen LogP contribution is 1.89. The standard InChI is InChI=1S/C6H11N3Si/c7-2-1-3-9-5-6(10)4-8/h6,9H,1,3,5H2,10H3. The third-order valence-electron chi connectivity index (χ3n) is 1.08. The molecular weight excluding hydrogens is 142 g/mol. The summed E-state index contributed by atoms with van der Waals surface area (Å²) in [6, 6.07) is 4.18. The lowest BCUT2D eigenvalue weighted by Gasteiger charge is -2.01. The van der Waals surface area contributed by atoms with Crippen LogP contribution in [0.4, 0.5) is 0 Å². The second-order valence-electron chi connectivity index (χ2n) is 2.14. The lowest BCUT2D eigenvalue weighted by Crippen LogP contribution is -2.19. The molecule has 0 rings (SSSR count). The van der Waals surface area contributed by atoms with Crippen molar-refractivity contribution in [3.63, 3.8) is 0 Å². The molecule has 3 nitrogen and oxygen atoms in total. The number of hydrogen-bond acceptors (Lipinski definition) is 3. The van der Waals surface area contributed by atoms with Gasteiger partial charge in [0.25, 0.3) is 0 Å². The molecule has 0 saturated carbocycles. The summed E-state index contributed by atoms with van der Waals surface area (Å²) in [7, 11) is 0.902. The summed E-state index contributed by atoms with van der Waals surface area (Å²) in [5.74, 6) is 0. The first-order chi connectivity index (χ1) is 4.81. The molecule has 1 N–H and O–H groups in total. The van der Waals surface area contributed by atoms with Gasteiger partial charge in [0, 0.05) is 35.3 Å². The minimum atomic E-state index is 0.179. The van der Waals surface area contributed by atoms with Crippen LogP contribution in [-0.4, -0.2) is 23.3 Å². The van der Waals surface area contributed by atoms with Gasteiger partial charge in [0.1, 0.15) is 0 Å². The molecule has 0 aliphatic carbocycles. The third-order valence-corrected chi connectivity index (χ3v) is 1.75. The molecule has 0 radical (unpaired) electrons. The summed E-state index contributed by atoms with van der Waals surface area (Å²) in [4.78, 5) is 0. The Bertz CT molecular complexity index is 155. The van der Waals surface area contributed by atoms with Gasteiger partial charge in [-0.3, -0.25) is 0 Å². The molecule has 0 aromatic rings. The quantitative estimate of drug-likeness (QED) is 0.423. The van der Waals surface area contributed by atoms with Crippen LogP contribution in [-0.2, 0) is 0 Å². The highest BCUT2D eigenvalue weighted by molar-refractivity contribution is 6.13. The van der Waals surface area contributed by atoms with Gasteiger partial charge in [-0.15, -0.1) is 0 Å². The van der Waals surface area contributed by atoms with Crippen molar-refractivity contribution in [1.29, 1.82) is 10.5 Å². The van der Waals surface area contributed by atoms with Gasteiger partial charge in [-0.05, 0) is 0 Å². The highest BCUT2D eigenvalue weighted by atomic mass is 28.1. The number of nitrogens with one attached hydrogen (secondary N) is 1. The van der Waals surface area contributed by atoms with E-state index in [0.717, 1.165) is 16.8 Å². The van der Waals surface area contributed by atoms with Crippen molar-refractivity contribution in [1.82, 2.24) is 5.32 Å². The SMILES string of the molecule is N#CCCNCC([SiH3])C#N. The maximum atomic E-state index is 8.37. The average molecular weight is 153 g/mol. The fourth-order valence-corrected chi connectivity index (χ4v) is 0.797. The molecule has 10 heavy (non-hydrogen) atoms. The Hall–Kier alpha value is -0.843. The van der Waals surface area contributed by atoms with Crippen molar-refractivity contribution >= 4 is 10.2 Å². The molecular formula is C6H11N3Si. The monoisotopic (exact) mass is 153 g/mol. The van der Waals surface area contributed by atoms with Crippen LogP contribution >= 0.6 is 0 Å². The van der Waals surface area contributed by atoms with E-state index in [1.807, 2.05) is 6.07 Å². The summed E-state index contributed by atoms with van der Waals surface area (Å²) < 4.78 is 0. The fourth-order valence-electron chi connectivity index (χ4n) is 0.509. The van der Waals surface area contributed by atoms with Crippen molar-refractivity contribution in [2.45, 2.75) is 12.0 Å². The Morgan fingerprint density at radius 2 is 2.20 bits per heavy atom. The van der Waals surface area contributed by atoms with Crippen LogP contribution in [0.3, 0.4) is 0 Å². The van der Waals surface area contributed by atoms with Crippen LogP contribution in [0.25, 0.3) is 0 Å². The average Bonchev–Trinajstić information content (AvgIpc) is 1.98. The van der Waals surface area contributed by atoms with E-state index >= 15 is 0 Å². The molecule has 54 valence electrons. The van der Waals surface area contributed by atoms with Crippen molar-refractivity contribution in [2.24, 2.45) is 0 Å². The predicted molar refractivity (Wildman–Crippen MR) is 42.4 cm³/mol. The van der Waals surface area contributed by atoms with Crippen LogP contribution in [0.1, 0.15) is 6.42 Å². The lowest BCUT2D eigenvalue weighted by molar-refractivity contribution is 0.703. The van der Waals surface area contributed by atoms with Crippen molar-refractivity contribution in [3.05, 3.63) is 0 Å². The van der Waals surface area contributed by atoms with Gasteiger partial charge < -0.3 is 5.32 Å². The molecule has 1 atom stereocenters. The third kappa shape index (κ3) is 5.30. The van der Waals surface area contributed by atoms with E-state index in [4.69, 9.17) is 10.5 Å². The molecule has 4 heteroatoms. The highest BCUT2D eigenvalue weighted by Gasteiger charge is 1.95. The number of nitrogens with zero attached hydrogens (tertiary/aromatic N) is 2. The molecule has 0 saturated heterocycles. The summed E-state index contributed by atoms with van der Waals surface area (Å²) in [6.07, 6.45) is 0.527. The van der Waals surface area contributed by atoms with E-state index in [0.29, 0.717) is 13.0 Å². The second kappa shape index (κ2) is 6.28. The van der Waals surface area contributed by atoms with Gasteiger partial charge in [0.15, 0.2) is 0 Å². The summed E-state index contributed by atoms with van der Waals surface area (Å²) in [5, 5.41) is 19.5. The van der Waals surface area contributed by atoms with Crippen molar-refractivity contribution < 1.29 is 0 Å². The second-order valence-corrected chi connectivity index (χ2v) is 3.54. The smallest absolute Gasteiger partial charge is 0.0635 e. The van der Waals surface area contributed by atoms with Gasteiger partial charge in [0.2, 0.25) is 0 Å². The van der Waals surface area contributed by atoms with E-state index in [1.54, 1.807) is 0 Å². The zero-order valence-corrected chi connectivity index (χ0v) is 8.09. The molecule has 0 amide bonds. The largest absolute Gasteiger partial charge is 0.315 e. The minimum Gasteiger partial charge on any atom is -0.315 e. The molecule has 0 spiro atoms. The van der Waals surface area contributed by atoms with Gasteiger partial charge in [0.05, 0.1) is 12.1 Å². The van der Waals surface area contributed by atoms with Crippen molar-refractivity contribution in [3.8, 4) is 12.1 Å². The van der Waals surface area contributed by atoms with Crippen LogP contribution in [0.15, 0.2) is 0 Å². The van der Waals surface area contributed by atoms with E-state index < -0.39 is 0 Å². The fraction of sp³-hybridized carbons (Fsp3) is 0.667. The predicted octanol–water partition coefficient (Wildman–Crippen LogP) is -0.833. The van der Waals surface area contributed by atoms with E-state index in [2.05, 4.69) is 11.4 Å². The number of hydrogen-bond donors (Lipinski definition) is 1. The zero-order chi connectivity index (χ0) is 7.82. The molecule has 0 heterocycles. The van der Waals surface area contributed by atoms with Crippen LogP contribution in [0.2, 0.25) is 5.54 Å². The normalized spacial score (nSPS) is 11.8. The lowest BCUT2D eigenvalue weighted by atomic mass is 10.4. The van der Waals surface area contributed by atoms with Crippen LogP contribution in [0, 0.1) is 22.7 Å². The van der Waals surface area contributed by atoms with Crippen LogP contribution < -0.4 is 5.32 Å². The first-order valence-corrected chi connectivity index (χ1v) is 4.44. The van der Waals surface area contributed by atoms with E-state index in [-0.39, 0.29) is 5.54 Å². The molecule has 0 bridgehead atoms. The summed E-state index contributed by atoms with van der Waals surface area (Å²) in [5.41, 5.74) is 0.179. The molecule has 0 aromatic carbocycles. The molecule has 0 aliphatic rings. The molecule has 0 fully saturated rings. The number of nitriles is 2. The van der Waals surface area contributed by atoms with Gasteiger partial charge >= 0.3 is 0 Å². The molecule has 0 aliphatic heterocycles. The first kappa shape index (κ1) is 9.16. The Morgan fingerprint density at radius 1 is 1.50 bits per heavy atom. The minimum absolute atomic E-state index is 0.179. The Labute approximate surface area is 64.1 Å². The molecule has 0 aromatic heterocycles. The summed E-state index contributed by atoms with van der Waals surface area (Å²) >= 11 is 0. The summed E-state index contributed by atoms with van der Waals surface area (Å²) in [6.45, 7) is 1.45. The van der Waals surface area contributed by atoms with Crippen molar-refractivity contribution in [2.75, 3.05) is 13.1 Å². The Balaban J connectivity index is 3.07. The maximum absolute atomic E-state index is 8.37. The first-order valence-electron chi connectivity index (χ1n) is 3.28. The van der Waals surface area contributed by atoms with Gasteiger partial charge in [-0.2, -0.15) is 10.5 Å². The Morgan fingerprint density at radius 3 is 2.70 bits per heavy atom. The molecule has 1 unspecified atom stereocenters. The van der Waals surface area contributed by atoms with E-state index in [9.17, 15) is 0 Å². The van der Waals surface area contributed by atoms with Crippen LogP contribution in [0.5, 0.6) is 0 Å². The maximum Gasteiger partial charge on any atom is 0.0635 e. The Kier molecular flexibility index (Phi) is 5.75. The van der Waals surface area contributed by atoms with E-state index in [1.165, 1.54) is 0 Å². The topological polar surface area (TPSA) is 59.6 Å². The number of rotatable bonds is 4. The van der Waals surface area contributed by atoms with Gasteiger partial charge in [-0.1, -0.05) is 0 Å². The van der Waals surface area contributed by atoms with Gasteiger partial charge in [-0.25, -0.2) is 0 Å². The zero-order valence-electron chi connectivity index (χ0n) is 6.09.